The lowest BCUT2D eigenvalue weighted by atomic mass is 10.2. The van der Waals surface area contributed by atoms with E-state index in [0.717, 1.165) is 11.8 Å². The highest BCUT2D eigenvalue weighted by atomic mass is 35.5. The number of aryl methyl sites for hydroxylation is 1. The molecule has 1 amide bonds. The summed E-state index contributed by atoms with van der Waals surface area (Å²) in [4.78, 5) is 13.8. The largest absolute Gasteiger partial charge is 0.339 e. The summed E-state index contributed by atoms with van der Waals surface area (Å²) in [5.41, 5.74) is 1.28. The van der Waals surface area contributed by atoms with E-state index in [0.29, 0.717) is 26.7 Å². The summed E-state index contributed by atoms with van der Waals surface area (Å²) in [7, 11) is -0.658. The molecule has 140 valence electrons. The van der Waals surface area contributed by atoms with Gasteiger partial charge in [0.2, 0.25) is 0 Å². The van der Waals surface area contributed by atoms with Crippen LogP contribution in [0, 0.1) is 13.8 Å². The summed E-state index contributed by atoms with van der Waals surface area (Å²) < 4.78 is 28.2. The van der Waals surface area contributed by atoms with Gasteiger partial charge in [-0.15, -0.1) is 0 Å². The van der Waals surface area contributed by atoms with E-state index in [-0.39, 0.29) is 15.2 Å². The molecular weight excluding hydrogens is 415 g/mol. The first-order valence-electron chi connectivity index (χ1n) is 7.50. The fraction of sp³-hybridized carbons (Fsp3) is 0.235. The normalized spacial score (nSPS) is 11.3. The SMILES string of the molecule is Cc1cc(Cl)c(C)c(S(=O)(=O)Nc2cccc(SC(=O)N(C)C)c2)c1Cl. The predicted octanol–water partition coefficient (Wildman–Crippen LogP) is 5.18. The van der Waals surface area contributed by atoms with E-state index in [1.165, 1.54) is 4.90 Å². The highest BCUT2D eigenvalue weighted by Crippen LogP contribution is 2.34. The maximum Gasteiger partial charge on any atom is 0.285 e. The number of sulfonamides is 1. The summed E-state index contributed by atoms with van der Waals surface area (Å²) in [5, 5.41) is 0.301. The number of hydrogen-bond donors (Lipinski definition) is 1. The molecule has 0 saturated heterocycles. The zero-order valence-electron chi connectivity index (χ0n) is 14.6. The molecule has 9 heteroatoms. The first-order chi connectivity index (χ1) is 12.0. The first-order valence-corrected chi connectivity index (χ1v) is 10.6. The maximum absolute atomic E-state index is 12.9. The second kappa shape index (κ2) is 8.08. The van der Waals surface area contributed by atoms with Crippen molar-refractivity contribution >= 4 is 55.9 Å². The quantitative estimate of drug-likeness (QED) is 0.675. The molecule has 5 nitrogen and oxygen atoms in total. The van der Waals surface area contributed by atoms with E-state index >= 15 is 0 Å². The molecule has 0 fully saturated rings. The van der Waals surface area contributed by atoms with Gasteiger partial charge in [0.1, 0.15) is 4.90 Å². The fourth-order valence-electron chi connectivity index (χ4n) is 2.15. The standard InChI is InChI=1S/C17H18Cl2N2O3S2/c1-10-8-14(18)11(2)16(15(10)19)26(23,24)20-12-6-5-7-13(9-12)25-17(22)21(3)4/h5-9,20H,1-4H3. The second-order valence-electron chi connectivity index (χ2n) is 5.84. The molecule has 1 N–H and O–H groups in total. The zero-order chi connectivity index (χ0) is 19.6. The van der Waals surface area contributed by atoms with Gasteiger partial charge in [0.05, 0.1) is 5.02 Å². The van der Waals surface area contributed by atoms with Crippen LogP contribution in [0.15, 0.2) is 40.1 Å². The number of rotatable bonds is 4. The van der Waals surface area contributed by atoms with Crippen molar-refractivity contribution in [2.45, 2.75) is 23.6 Å². The molecule has 2 aromatic carbocycles. The van der Waals surface area contributed by atoms with Crippen molar-refractivity contribution < 1.29 is 13.2 Å². The number of carbonyl (C=O) groups excluding carboxylic acids is 1. The summed E-state index contributed by atoms with van der Waals surface area (Å²) >= 11 is 13.3. The molecule has 0 aliphatic rings. The van der Waals surface area contributed by atoms with Crippen molar-refractivity contribution in [3.63, 3.8) is 0 Å². The average molecular weight is 433 g/mol. The molecular formula is C17H18Cl2N2O3S2. The van der Waals surface area contributed by atoms with Gasteiger partial charge in [-0.2, -0.15) is 0 Å². The van der Waals surface area contributed by atoms with Crippen LogP contribution < -0.4 is 4.72 Å². The van der Waals surface area contributed by atoms with Gasteiger partial charge in [-0.3, -0.25) is 9.52 Å². The summed E-state index contributed by atoms with van der Waals surface area (Å²) in [6.07, 6.45) is 0. The van der Waals surface area contributed by atoms with Gasteiger partial charge < -0.3 is 4.90 Å². The number of nitrogens with zero attached hydrogens (tertiary/aromatic N) is 1. The summed E-state index contributed by atoms with van der Waals surface area (Å²) in [5.74, 6) is 0. The third-order valence-corrected chi connectivity index (χ3v) is 7.09. The lowest BCUT2D eigenvalue weighted by molar-refractivity contribution is 0.241. The summed E-state index contributed by atoms with van der Waals surface area (Å²) in [6, 6.07) is 8.21. The van der Waals surface area contributed by atoms with Crippen molar-refractivity contribution in [1.82, 2.24) is 4.90 Å². The molecule has 0 atom stereocenters. The number of hydrogen-bond acceptors (Lipinski definition) is 4. The Hall–Kier alpha value is -1.41. The second-order valence-corrected chi connectivity index (χ2v) is 9.27. The molecule has 26 heavy (non-hydrogen) atoms. The minimum absolute atomic E-state index is 0.0495. The van der Waals surface area contributed by atoms with Crippen LogP contribution in [0.2, 0.25) is 10.0 Å². The molecule has 0 aliphatic heterocycles. The van der Waals surface area contributed by atoms with Gasteiger partial charge in [0.25, 0.3) is 15.3 Å². The minimum atomic E-state index is -3.95. The van der Waals surface area contributed by atoms with Gasteiger partial charge >= 0.3 is 0 Å². The Morgan fingerprint density at radius 1 is 1.15 bits per heavy atom. The number of halogens is 2. The predicted molar refractivity (Wildman–Crippen MR) is 108 cm³/mol. The topological polar surface area (TPSA) is 66.5 Å². The molecule has 2 aromatic rings. The van der Waals surface area contributed by atoms with E-state index in [9.17, 15) is 13.2 Å². The lowest BCUT2D eigenvalue weighted by Gasteiger charge is -2.15. The van der Waals surface area contributed by atoms with Gasteiger partial charge in [-0.05, 0) is 61.0 Å². The minimum Gasteiger partial charge on any atom is -0.339 e. The van der Waals surface area contributed by atoms with Crippen LogP contribution >= 0.6 is 35.0 Å². The number of nitrogens with one attached hydrogen (secondary N) is 1. The number of benzene rings is 2. The first kappa shape index (κ1) is 20.9. The van der Waals surface area contributed by atoms with Crippen molar-refractivity contribution in [2.24, 2.45) is 0 Å². The maximum atomic E-state index is 12.9. The Morgan fingerprint density at radius 3 is 2.42 bits per heavy atom. The number of anilines is 1. The molecule has 0 saturated carbocycles. The van der Waals surface area contributed by atoms with Crippen LogP contribution in [0.25, 0.3) is 0 Å². The molecule has 0 bridgehead atoms. The van der Waals surface area contributed by atoms with Crippen LogP contribution in [-0.4, -0.2) is 32.7 Å². The molecule has 0 aromatic heterocycles. The Morgan fingerprint density at radius 2 is 1.81 bits per heavy atom. The van der Waals surface area contributed by atoms with Crippen molar-refractivity contribution in [3.05, 3.63) is 51.5 Å². The third-order valence-electron chi connectivity index (χ3n) is 3.51. The zero-order valence-corrected chi connectivity index (χ0v) is 17.8. The van der Waals surface area contributed by atoms with Crippen LogP contribution in [0.5, 0.6) is 0 Å². The monoisotopic (exact) mass is 432 g/mol. The van der Waals surface area contributed by atoms with Gasteiger partial charge in [0.15, 0.2) is 0 Å². The highest BCUT2D eigenvalue weighted by Gasteiger charge is 2.24. The van der Waals surface area contributed by atoms with E-state index in [2.05, 4.69) is 4.72 Å². The molecule has 0 radical (unpaired) electrons. The highest BCUT2D eigenvalue weighted by molar-refractivity contribution is 8.13. The van der Waals surface area contributed by atoms with E-state index in [1.807, 2.05) is 0 Å². The number of carbonyl (C=O) groups is 1. The van der Waals surface area contributed by atoms with E-state index in [4.69, 9.17) is 23.2 Å². The van der Waals surface area contributed by atoms with Crippen LogP contribution in [0.3, 0.4) is 0 Å². The molecule has 0 unspecified atom stereocenters. The molecule has 0 heterocycles. The van der Waals surface area contributed by atoms with Crippen molar-refractivity contribution in [1.29, 1.82) is 0 Å². The Bertz CT molecular complexity index is 934. The Balaban J connectivity index is 2.38. The summed E-state index contributed by atoms with van der Waals surface area (Å²) in [6.45, 7) is 3.29. The smallest absolute Gasteiger partial charge is 0.285 e. The van der Waals surface area contributed by atoms with E-state index in [1.54, 1.807) is 58.3 Å². The fourth-order valence-corrected chi connectivity index (χ4v) is 5.14. The average Bonchev–Trinajstić information content (AvgIpc) is 2.52. The van der Waals surface area contributed by atoms with Crippen LogP contribution in [0.4, 0.5) is 10.5 Å². The van der Waals surface area contributed by atoms with Gasteiger partial charge in [-0.25, -0.2) is 8.42 Å². The van der Waals surface area contributed by atoms with Crippen molar-refractivity contribution in [3.8, 4) is 0 Å². The molecule has 2 rings (SSSR count). The van der Waals surface area contributed by atoms with E-state index < -0.39 is 10.0 Å². The Kier molecular flexibility index (Phi) is 6.50. The Labute approximate surface area is 167 Å². The number of thioether (sulfide) groups is 1. The molecule has 0 spiro atoms. The third kappa shape index (κ3) is 4.65. The molecule has 0 aliphatic carbocycles. The van der Waals surface area contributed by atoms with Gasteiger partial charge in [-0.1, -0.05) is 29.3 Å². The van der Waals surface area contributed by atoms with Crippen molar-refractivity contribution in [2.75, 3.05) is 18.8 Å². The van der Waals surface area contributed by atoms with Crippen LogP contribution in [0.1, 0.15) is 11.1 Å². The number of amides is 1. The van der Waals surface area contributed by atoms with Crippen LogP contribution in [-0.2, 0) is 10.0 Å². The van der Waals surface area contributed by atoms with Gasteiger partial charge in [0, 0.05) is 29.7 Å². The lowest BCUT2D eigenvalue weighted by Crippen LogP contribution is -2.16.